The molecule has 2 saturated carbocycles. The third-order valence-electron chi connectivity index (χ3n) is 4.34. The SMILES string of the molecule is O=C(O)C1CC(NC(=O)[C@H]2CCC[C@H](C(F)(F)F)C2)C1. The van der Waals surface area contributed by atoms with Crippen molar-refractivity contribution < 1.29 is 27.9 Å². The first-order valence-corrected chi connectivity index (χ1v) is 6.87. The first kappa shape index (κ1) is 15.1. The fourth-order valence-electron chi connectivity index (χ4n) is 2.98. The van der Waals surface area contributed by atoms with Crippen LogP contribution in [0.25, 0.3) is 0 Å². The van der Waals surface area contributed by atoms with Crippen molar-refractivity contribution in [2.24, 2.45) is 17.8 Å². The Labute approximate surface area is 114 Å². The molecule has 0 radical (unpaired) electrons. The quantitative estimate of drug-likeness (QED) is 0.839. The molecule has 2 N–H and O–H groups in total. The van der Waals surface area contributed by atoms with E-state index >= 15 is 0 Å². The fourth-order valence-corrected chi connectivity index (χ4v) is 2.98. The van der Waals surface area contributed by atoms with E-state index < -0.39 is 29.9 Å². The van der Waals surface area contributed by atoms with E-state index in [0.29, 0.717) is 25.7 Å². The second kappa shape index (κ2) is 5.61. The van der Waals surface area contributed by atoms with E-state index in [9.17, 15) is 22.8 Å². The van der Waals surface area contributed by atoms with E-state index in [0.717, 1.165) is 0 Å². The Balaban J connectivity index is 1.80. The highest BCUT2D eigenvalue weighted by molar-refractivity contribution is 5.80. The standard InChI is InChI=1S/C13H18F3NO3/c14-13(15,16)9-3-1-2-7(4-9)11(18)17-10-5-8(6-10)12(19)20/h7-10H,1-6H2,(H,17,18)(H,19,20)/t7-,8?,9-,10?/m0/s1. The summed E-state index contributed by atoms with van der Waals surface area (Å²) >= 11 is 0. The maximum Gasteiger partial charge on any atom is 0.391 e. The van der Waals surface area contributed by atoms with Crippen LogP contribution in [0.4, 0.5) is 13.2 Å². The molecule has 0 bridgehead atoms. The fraction of sp³-hybridized carbons (Fsp3) is 0.846. The van der Waals surface area contributed by atoms with Crippen LogP contribution in [0, 0.1) is 17.8 Å². The summed E-state index contributed by atoms with van der Waals surface area (Å²) in [5, 5.41) is 11.4. The largest absolute Gasteiger partial charge is 0.481 e. The molecular formula is C13H18F3NO3. The van der Waals surface area contributed by atoms with Gasteiger partial charge in [0.25, 0.3) is 0 Å². The molecule has 0 saturated heterocycles. The smallest absolute Gasteiger partial charge is 0.391 e. The molecule has 2 aliphatic carbocycles. The molecule has 1 amide bonds. The van der Waals surface area contributed by atoms with Gasteiger partial charge in [0.1, 0.15) is 0 Å². The Bertz CT molecular complexity index is 391. The van der Waals surface area contributed by atoms with Gasteiger partial charge in [-0.15, -0.1) is 0 Å². The van der Waals surface area contributed by atoms with Gasteiger partial charge in [-0.05, 0) is 32.1 Å². The van der Waals surface area contributed by atoms with Gasteiger partial charge in [-0.1, -0.05) is 6.42 Å². The van der Waals surface area contributed by atoms with Gasteiger partial charge in [0.2, 0.25) is 5.91 Å². The summed E-state index contributed by atoms with van der Waals surface area (Å²) < 4.78 is 38.0. The van der Waals surface area contributed by atoms with Gasteiger partial charge in [-0.3, -0.25) is 9.59 Å². The maximum atomic E-state index is 12.7. The Morgan fingerprint density at radius 1 is 1.05 bits per heavy atom. The number of carbonyl (C=O) groups is 2. The van der Waals surface area contributed by atoms with E-state index in [1.165, 1.54) is 0 Å². The van der Waals surface area contributed by atoms with Crippen LogP contribution in [-0.2, 0) is 9.59 Å². The van der Waals surface area contributed by atoms with E-state index in [1.54, 1.807) is 0 Å². The Morgan fingerprint density at radius 2 is 1.70 bits per heavy atom. The molecule has 4 nitrogen and oxygen atoms in total. The lowest BCUT2D eigenvalue weighted by atomic mass is 9.78. The number of hydrogen-bond donors (Lipinski definition) is 2. The molecule has 0 aromatic rings. The molecule has 0 unspecified atom stereocenters. The maximum absolute atomic E-state index is 12.7. The predicted molar refractivity (Wildman–Crippen MR) is 63.8 cm³/mol. The van der Waals surface area contributed by atoms with Crippen molar-refractivity contribution in [3.8, 4) is 0 Å². The van der Waals surface area contributed by atoms with Gasteiger partial charge in [0.05, 0.1) is 11.8 Å². The number of halogens is 3. The van der Waals surface area contributed by atoms with Crippen LogP contribution in [0.5, 0.6) is 0 Å². The average Bonchev–Trinajstić information content (AvgIpc) is 2.31. The van der Waals surface area contributed by atoms with Crippen LogP contribution in [0.3, 0.4) is 0 Å². The number of amides is 1. The average molecular weight is 293 g/mol. The zero-order valence-corrected chi connectivity index (χ0v) is 10.9. The molecule has 114 valence electrons. The minimum Gasteiger partial charge on any atom is -0.481 e. The van der Waals surface area contributed by atoms with E-state index in [4.69, 9.17) is 5.11 Å². The normalized spacial score (nSPS) is 34.1. The molecule has 0 aromatic carbocycles. The van der Waals surface area contributed by atoms with Gasteiger partial charge >= 0.3 is 12.1 Å². The number of hydrogen-bond acceptors (Lipinski definition) is 2. The summed E-state index contributed by atoms with van der Waals surface area (Å²) in [5.41, 5.74) is 0. The number of rotatable bonds is 3. The van der Waals surface area contributed by atoms with Crippen molar-refractivity contribution in [2.45, 2.75) is 50.7 Å². The number of nitrogens with one attached hydrogen (secondary N) is 1. The molecule has 2 atom stereocenters. The van der Waals surface area contributed by atoms with Crippen LogP contribution in [0.15, 0.2) is 0 Å². The Kier molecular flexibility index (Phi) is 4.25. The van der Waals surface area contributed by atoms with Crippen LogP contribution < -0.4 is 5.32 Å². The minimum absolute atomic E-state index is 0.0950. The highest BCUT2D eigenvalue weighted by atomic mass is 19.4. The molecule has 7 heteroatoms. The number of aliphatic carboxylic acids is 1. The molecule has 2 fully saturated rings. The van der Waals surface area contributed by atoms with Crippen LogP contribution in [0.1, 0.15) is 38.5 Å². The molecular weight excluding hydrogens is 275 g/mol. The lowest BCUT2D eigenvalue weighted by molar-refractivity contribution is -0.186. The van der Waals surface area contributed by atoms with Gasteiger partial charge in [-0.2, -0.15) is 13.2 Å². The summed E-state index contributed by atoms with van der Waals surface area (Å²) in [4.78, 5) is 22.6. The van der Waals surface area contributed by atoms with Gasteiger partial charge in [0, 0.05) is 12.0 Å². The van der Waals surface area contributed by atoms with Crippen molar-refractivity contribution in [3.05, 3.63) is 0 Å². The molecule has 20 heavy (non-hydrogen) atoms. The van der Waals surface area contributed by atoms with E-state index in [2.05, 4.69) is 5.32 Å². The second-order valence-electron chi connectivity index (χ2n) is 5.81. The summed E-state index contributed by atoms with van der Waals surface area (Å²) in [5.74, 6) is -3.66. The van der Waals surface area contributed by atoms with Crippen molar-refractivity contribution in [3.63, 3.8) is 0 Å². The summed E-state index contributed by atoms with van der Waals surface area (Å²) in [6.07, 6.45) is -2.66. The number of carboxylic acid groups (broad SMARTS) is 1. The Hall–Kier alpha value is -1.27. The summed E-state index contributed by atoms with van der Waals surface area (Å²) in [6, 6.07) is -0.199. The minimum atomic E-state index is -4.23. The lowest BCUT2D eigenvalue weighted by Crippen LogP contribution is -2.49. The van der Waals surface area contributed by atoms with Crippen LogP contribution in [0.2, 0.25) is 0 Å². The molecule has 0 spiro atoms. The first-order valence-electron chi connectivity index (χ1n) is 6.87. The Morgan fingerprint density at radius 3 is 2.25 bits per heavy atom. The number of carboxylic acids is 1. The van der Waals surface area contributed by atoms with E-state index in [-0.39, 0.29) is 24.8 Å². The molecule has 0 aromatic heterocycles. The third-order valence-corrected chi connectivity index (χ3v) is 4.34. The summed E-state index contributed by atoms with van der Waals surface area (Å²) in [7, 11) is 0. The van der Waals surface area contributed by atoms with E-state index in [1.807, 2.05) is 0 Å². The number of carbonyl (C=O) groups excluding carboxylic acids is 1. The zero-order chi connectivity index (χ0) is 14.9. The van der Waals surface area contributed by atoms with Gasteiger partial charge < -0.3 is 10.4 Å². The molecule has 2 aliphatic rings. The molecule has 2 rings (SSSR count). The highest BCUT2D eigenvalue weighted by Gasteiger charge is 2.44. The van der Waals surface area contributed by atoms with Crippen molar-refractivity contribution in [1.29, 1.82) is 0 Å². The predicted octanol–water partition coefficient (Wildman–Crippen LogP) is 2.33. The topological polar surface area (TPSA) is 66.4 Å². The molecule has 0 heterocycles. The number of alkyl halides is 3. The monoisotopic (exact) mass is 293 g/mol. The van der Waals surface area contributed by atoms with Crippen LogP contribution in [-0.4, -0.2) is 29.2 Å². The first-order chi connectivity index (χ1) is 9.27. The highest BCUT2D eigenvalue weighted by Crippen LogP contribution is 2.40. The zero-order valence-electron chi connectivity index (χ0n) is 10.9. The van der Waals surface area contributed by atoms with Gasteiger partial charge in [-0.25, -0.2) is 0 Å². The van der Waals surface area contributed by atoms with Crippen molar-refractivity contribution in [2.75, 3.05) is 0 Å². The van der Waals surface area contributed by atoms with Crippen LogP contribution >= 0.6 is 0 Å². The van der Waals surface area contributed by atoms with Gasteiger partial charge in [0.15, 0.2) is 0 Å². The third kappa shape index (κ3) is 3.43. The van der Waals surface area contributed by atoms with Crippen molar-refractivity contribution >= 4 is 11.9 Å². The second-order valence-corrected chi connectivity index (χ2v) is 5.81. The summed E-state index contributed by atoms with van der Waals surface area (Å²) in [6.45, 7) is 0. The lowest BCUT2D eigenvalue weighted by Gasteiger charge is -2.35. The molecule has 0 aliphatic heterocycles. The van der Waals surface area contributed by atoms with Crippen molar-refractivity contribution in [1.82, 2.24) is 5.32 Å².